The standard InChI is InChI=1S/C23H21N5O/c29-23(27-22-20-6-9-24-14-18(20)5-10-25-22)16-7-11-28(12-8-16)19-13-17-3-1-2-4-21(17)26-15-19/h1-6,9-10,13-16H,7-8,11-12H2,(H,25,27,29). The maximum atomic E-state index is 12.8. The summed E-state index contributed by atoms with van der Waals surface area (Å²) in [7, 11) is 0. The van der Waals surface area contributed by atoms with Gasteiger partial charge in [0.2, 0.25) is 5.91 Å². The monoisotopic (exact) mass is 383 g/mol. The number of rotatable bonds is 3. The molecule has 0 saturated carbocycles. The first-order valence-corrected chi connectivity index (χ1v) is 9.87. The number of piperidine rings is 1. The van der Waals surface area contributed by atoms with Crippen molar-refractivity contribution < 1.29 is 4.79 Å². The molecule has 6 nitrogen and oxygen atoms in total. The fourth-order valence-electron chi connectivity index (χ4n) is 3.97. The number of carbonyl (C=O) groups excluding carboxylic acids is 1. The fraction of sp³-hybridized carbons (Fsp3) is 0.217. The van der Waals surface area contributed by atoms with Crippen molar-refractivity contribution in [2.24, 2.45) is 5.92 Å². The summed E-state index contributed by atoms with van der Waals surface area (Å²) in [5, 5.41) is 6.05. The number of aromatic nitrogens is 3. The summed E-state index contributed by atoms with van der Waals surface area (Å²) in [5.41, 5.74) is 2.12. The number of nitrogens with one attached hydrogen (secondary N) is 1. The van der Waals surface area contributed by atoms with Gasteiger partial charge in [-0.25, -0.2) is 4.98 Å². The van der Waals surface area contributed by atoms with Crippen molar-refractivity contribution in [3.63, 3.8) is 0 Å². The third kappa shape index (κ3) is 3.49. The molecule has 6 heteroatoms. The molecule has 1 aliphatic rings. The third-order valence-corrected chi connectivity index (χ3v) is 5.61. The van der Waals surface area contributed by atoms with E-state index >= 15 is 0 Å². The first kappa shape index (κ1) is 17.6. The second-order valence-electron chi connectivity index (χ2n) is 7.39. The number of anilines is 2. The third-order valence-electron chi connectivity index (χ3n) is 5.61. The van der Waals surface area contributed by atoms with E-state index in [9.17, 15) is 4.79 Å². The highest BCUT2D eigenvalue weighted by Crippen LogP contribution is 2.27. The van der Waals surface area contributed by atoms with Crippen molar-refractivity contribution in [1.82, 2.24) is 15.0 Å². The Labute approximate surface area is 168 Å². The minimum absolute atomic E-state index is 0.0152. The number of nitrogens with zero attached hydrogens (tertiary/aromatic N) is 4. The number of fused-ring (bicyclic) bond motifs is 2. The minimum atomic E-state index is -0.0152. The van der Waals surface area contributed by atoms with Crippen LogP contribution < -0.4 is 10.2 Å². The zero-order chi connectivity index (χ0) is 19.6. The summed E-state index contributed by atoms with van der Waals surface area (Å²) in [6.45, 7) is 1.68. The molecule has 0 bridgehead atoms. The summed E-state index contributed by atoms with van der Waals surface area (Å²) in [6.07, 6.45) is 8.75. The van der Waals surface area contributed by atoms with Crippen LogP contribution in [-0.4, -0.2) is 33.9 Å². The molecular formula is C23H21N5O. The van der Waals surface area contributed by atoms with Crippen molar-refractivity contribution in [3.8, 4) is 0 Å². The van der Waals surface area contributed by atoms with Gasteiger partial charge in [-0.15, -0.1) is 0 Å². The van der Waals surface area contributed by atoms with Gasteiger partial charge >= 0.3 is 0 Å². The fourth-order valence-corrected chi connectivity index (χ4v) is 3.97. The Balaban J connectivity index is 1.26. The van der Waals surface area contributed by atoms with Gasteiger partial charge in [-0.3, -0.25) is 14.8 Å². The first-order chi connectivity index (χ1) is 14.3. The van der Waals surface area contributed by atoms with E-state index in [1.807, 2.05) is 36.5 Å². The molecule has 1 N–H and O–H groups in total. The van der Waals surface area contributed by atoms with E-state index in [1.54, 1.807) is 18.6 Å². The van der Waals surface area contributed by atoms with Crippen LogP contribution in [0.15, 0.2) is 67.3 Å². The number of hydrogen-bond donors (Lipinski definition) is 1. The predicted octanol–water partition coefficient (Wildman–Crippen LogP) is 4.03. The molecule has 3 aromatic heterocycles. The molecular weight excluding hydrogens is 362 g/mol. The summed E-state index contributed by atoms with van der Waals surface area (Å²) < 4.78 is 0. The molecule has 0 aliphatic carbocycles. The van der Waals surface area contributed by atoms with Crippen molar-refractivity contribution in [3.05, 3.63) is 67.3 Å². The van der Waals surface area contributed by atoms with Gasteiger partial charge in [0.05, 0.1) is 17.4 Å². The number of benzene rings is 1. The van der Waals surface area contributed by atoms with Gasteiger partial charge in [0.1, 0.15) is 5.82 Å². The molecule has 144 valence electrons. The van der Waals surface area contributed by atoms with E-state index in [4.69, 9.17) is 0 Å². The molecule has 5 rings (SSSR count). The molecule has 4 heterocycles. The molecule has 0 atom stereocenters. The van der Waals surface area contributed by atoms with Crippen LogP contribution in [0.5, 0.6) is 0 Å². The molecule has 1 amide bonds. The molecule has 1 aliphatic heterocycles. The minimum Gasteiger partial charge on any atom is -0.370 e. The second kappa shape index (κ2) is 7.47. The number of pyridine rings is 3. The average Bonchev–Trinajstić information content (AvgIpc) is 2.79. The van der Waals surface area contributed by atoms with Gasteiger partial charge < -0.3 is 10.2 Å². The van der Waals surface area contributed by atoms with Crippen LogP contribution in [0.3, 0.4) is 0 Å². The zero-order valence-corrected chi connectivity index (χ0v) is 16.0. The van der Waals surface area contributed by atoms with Gasteiger partial charge in [-0.2, -0.15) is 0 Å². The van der Waals surface area contributed by atoms with Crippen molar-refractivity contribution in [1.29, 1.82) is 0 Å². The van der Waals surface area contributed by atoms with Crippen LogP contribution in [0.4, 0.5) is 11.5 Å². The van der Waals surface area contributed by atoms with Crippen LogP contribution >= 0.6 is 0 Å². The molecule has 29 heavy (non-hydrogen) atoms. The lowest BCUT2D eigenvalue weighted by Crippen LogP contribution is -2.38. The van der Waals surface area contributed by atoms with E-state index in [1.165, 1.54) is 0 Å². The number of hydrogen-bond acceptors (Lipinski definition) is 5. The maximum Gasteiger partial charge on any atom is 0.228 e. The summed E-state index contributed by atoms with van der Waals surface area (Å²) in [5.74, 6) is 0.632. The second-order valence-corrected chi connectivity index (χ2v) is 7.39. The van der Waals surface area contributed by atoms with Crippen LogP contribution in [0.25, 0.3) is 21.7 Å². The van der Waals surface area contributed by atoms with Gasteiger partial charge in [0, 0.05) is 53.8 Å². The van der Waals surface area contributed by atoms with Gasteiger partial charge in [-0.1, -0.05) is 18.2 Å². The first-order valence-electron chi connectivity index (χ1n) is 9.87. The topological polar surface area (TPSA) is 71.0 Å². The molecule has 1 saturated heterocycles. The van der Waals surface area contributed by atoms with Crippen LogP contribution in [0.1, 0.15) is 12.8 Å². The summed E-state index contributed by atoms with van der Waals surface area (Å²) in [4.78, 5) is 28.2. The molecule has 1 fully saturated rings. The number of carbonyl (C=O) groups is 1. The Morgan fingerprint density at radius 3 is 2.72 bits per heavy atom. The van der Waals surface area contributed by atoms with E-state index < -0.39 is 0 Å². The number of amides is 1. The van der Waals surface area contributed by atoms with Crippen LogP contribution in [0, 0.1) is 5.92 Å². The van der Waals surface area contributed by atoms with Crippen molar-refractivity contribution in [2.75, 3.05) is 23.3 Å². The summed E-state index contributed by atoms with van der Waals surface area (Å²) in [6, 6.07) is 14.1. The molecule has 4 aromatic rings. The highest BCUT2D eigenvalue weighted by Gasteiger charge is 2.26. The zero-order valence-electron chi connectivity index (χ0n) is 16.0. The molecule has 0 spiro atoms. The van der Waals surface area contributed by atoms with Gasteiger partial charge in [0.25, 0.3) is 0 Å². The van der Waals surface area contributed by atoms with E-state index in [0.717, 1.165) is 53.3 Å². The van der Waals surface area contributed by atoms with Gasteiger partial charge in [0.15, 0.2) is 0 Å². The van der Waals surface area contributed by atoms with Crippen LogP contribution in [0.2, 0.25) is 0 Å². The lowest BCUT2D eigenvalue weighted by Gasteiger charge is -2.32. The van der Waals surface area contributed by atoms with Crippen molar-refractivity contribution in [2.45, 2.75) is 12.8 Å². The SMILES string of the molecule is O=C(Nc1nccc2cnccc12)C1CCN(c2cnc3ccccc3c2)CC1. The number of para-hydroxylation sites is 1. The lowest BCUT2D eigenvalue weighted by molar-refractivity contribution is -0.120. The Morgan fingerprint density at radius 1 is 0.966 bits per heavy atom. The van der Waals surface area contributed by atoms with Crippen LogP contribution in [-0.2, 0) is 4.79 Å². The Kier molecular flexibility index (Phi) is 4.52. The average molecular weight is 383 g/mol. The maximum absolute atomic E-state index is 12.8. The molecule has 0 radical (unpaired) electrons. The largest absolute Gasteiger partial charge is 0.370 e. The van der Waals surface area contributed by atoms with Crippen molar-refractivity contribution >= 4 is 39.1 Å². The smallest absolute Gasteiger partial charge is 0.228 e. The highest BCUT2D eigenvalue weighted by atomic mass is 16.1. The normalized spacial score (nSPS) is 15.0. The molecule has 0 unspecified atom stereocenters. The summed E-state index contributed by atoms with van der Waals surface area (Å²) >= 11 is 0. The molecule has 1 aromatic carbocycles. The Bertz CT molecular complexity index is 1180. The quantitative estimate of drug-likeness (QED) is 0.578. The van der Waals surface area contributed by atoms with Gasteiger partial charge in [-0.05, 0) is 37.1 Å². The highest BCUT2D eigenvalue weighted by molar-refractivity contribution is 6.00. The Morgan fingerprint density at radius 2 is 1.83 bits per heavy atom. The lowest BCUT2D eigenvalue weighted by atomic mass is 9.95. The van der Waals surface area contributed by atoms with E-state index in [0.29, 0.717) is 5.82 Å². The predicted molar refractivity (Wildman–Crippen MR) is 115 cm³/mol. The Hall–Kier alpha value is -3.54. The van der Waals surface area contributed by atoms with E-state index in [2.05, 4.69) is 37.3 Å². The van der Waals surface area contributed by atoms with E-state index in [-0.39, 0.29) is 11.8 Å².